The van der Waals surface area contributed by atoms with Crippen LogP contribution in [-0.4, -0.2) is 47.6 Å². The van der Waals surface area contributed by atoms with Gasteiger partial charge in [0.05, 0.1) is 19.1 Å². The van der Waals surface area contributed by atoms with Crippen molar-refractivity contribution in [3.8, 4) is 0 Å². The quantitative estimate of drug-likeness (QED) is 0.699. The summed E-state index contributed by atoms with van der Waals surface area (Å²) in [6, 6.07) is 0. The van der Waals surface area contributed by atoms with E-state index in [4.69, 9.17) is 4.74 Å². The fourth-order valence-corrected chi connectivity index (χ4v) is 7.45. The number of carbonyl (C=O) groups excluding carboxylic acids is 3. The first-order valence-electron chi connectivity index (χ1n) is 10.5. The number of esters is 1. The molecule has 0 aromatic heterocycles. The van der Waals surface area contributed by atoms with Crippen molar-refractivity contribution in [3.63, 3.8) is 0 Å². The lowest BCUT2D eigenvalue weighted by Crippen LogP contribution is -2.56. The SMILES string of the molecule is COC(=O)C1C[C@H]2[C@@H]3CCC4=CC(=O)C=C[C@]4(C)[C@H]3C(O)C[C@]2(C)[C@H]1C(=O)CO. The zero-order chi connectivity index (χ0) is 21.1. The number of carbonyl (C=O) groups is 3. The second kappa shape index (κ2) is 6.88. The van der Waals surface area contributed by atoms with E-state index in [1.807, 2.05) is 13.0 Å². The van der Waals surface area contributed by atoms with E-state index in [2.05, 4.69) is 6.92 Å². The van der Waals surface area contributed by atoms with Crippen LogP contribution in [0.2, 0.25) is 0 Å². The first-order chi connectivity index (χ1) is 13.7. The lowest BCUT2D eigenvalue weighted by Gasteiger charge is -2.58. The van der Waals surface area contributed by atoms with Gasteiger partial charge in [0.25, 0.3) is 0 Å². The monoisotopic (exact) mass is 402 g/mol. The molecule has 4 aliphatic rings. The fraction of sp³-hybridized carbons (Fsp3) is 0.696. The summed E-state index contributed by atoms with van der Waals surface area (Å²) in [6.07, 6.45) is 7.11. The number of aliphatic hydroxyl groups is 2. The summed E-state index contributed by atoms with van der Waals surface area (Å²) >= 11 is 0. The molecule has 6 nitrogen and oxygen atoms in total. The minimum atomic E-state index is -0.654. The number of hydrogen-bond acceptors (Lipinski definition) is 6. The van der Waals surface area contributed by atoms with E-state index in [1.165, 1.54) is 7.11 Å². The molecule has 3 fully saturated rings. The number of fused-ring (bicyclic) bond motifs is 5. The molecule has 4 rings (SSSR count). The van der Waals surface area contributed by atoms with Crippen LogP contribution in [0.5, 0.6) is 0 Å². The molecule has 6 heteroatoms. The highest BCUT2D eigenvalue weighted by Gasteiger charge is 2.66. The van der Waals surface area contributed by atoms with Crippen molar-refractivity contribution in [2.75, 3.05) is 13.7 Å². The Labute approximate surface area is 171 Å². The van der Waals surface area contributed by atoms with Crippen LogP contribution >= 0.6 is 0 Å². The molecule has 8 atom stereocenters. The first kappa shape index (κ1) is 20.5. The normalized spacial score (nSPS) is 45.7. The van der Waals surface area contributed by atoms with Gasteiger partial charge in [-0.2, -0.15) is 0 Å². The van der Waals surface area contributed by atoms with Crippen LogP contribution in [0.1, 0.15) is 39.5 Å². The molecule has 3 saturated carbocycles. The van der Waals surface area contributed by atoms with E-state index in [1.54, 1.807) is 12.2 Å². The molecule has 0 bridgehead atoms. The molecular formula is C23H30O6. The summed E-state index contributed by atoms with van der Waals surface area (Å²) in [4.78, 5) is 37.1. The molecule has 2 N–H and O–H groups in total. The van der Waals surface area contributed by atoms with Crippen LogP contribution in [0.15, 0.2) is 23.8 Å². The number of allylic oxidation sites excluding steroid dienone is 4. The van der Waals surface area contributed by atoms with E-state index in [0.717, 1.165) is 18.4 Å². The highest BCUT2D eigenvalue weighted by molar-refractivity contribution is 6.01. The standard InChI is InChI=1S/C23H30O6/c1-22-7-6-13(25)8-12(22)4-5-14-16-9-15(21(28)29-3)20(18(27)11-24)23(16,2)10-17(26)19(14)22/h6-8,14-17,19-20,24,26H,4-5,9-11H2,1-3H3/t14-,15?,16-,17?,19+,20+,22-,23-/m0/s1. The lowest BCUT2D eigenvalue weighted by molar-refractivity contribution is -0.154. The third kappa shape index (κ3) is 2.79. The van der Waals surface area contributed by atoms with Gasteiger partial charge >= 0.3 is 5.97 Å². The van der Waals surface area contributed by atoms with Crippen LogP contribution in [0.25, 0.3) is 0 Å². The molecule has 2 unspecified atom stereocenters. The summed E-state index contributed by atoms with van der Waals surface area (Å²) in [5.74, 6) is -1.86. The zero-order valence-corrected chi connectivity index (χ0v) is 17.3. The molecule has 4 aliphatic carbocycles. The molecule has 0 radical (unpaired) electrons. The second-order valence-electron chi connectivity index (χ2n) is 9.77. The van der Waals surface area contributed by atoms with E-state index in [9.17, 15) is 24.6 Å². The van der Waals surface area contributed by atoms with Gasteiger partial charge < -0.3 is 14.9 Å². The minimum Gasteiger partial charge on any atom is -0.469 e. The van der Waals surface area contributed by atoms with E-state index in [0.29, 0.717) is 12.8 Å². The number of ether oxygens (including phenoxy) is 1. The highest BCUT2D eigenvalue weighted by Crippen LogP contribution is 2.67. The summed E-state index contributed by atoms with van der Waals surface area (Å²) in [5, 5.41) is 20.9. The Morgan fingerprint density at radius 1 is 1.31 bits per heavy atom. The van der Waals surface area contributed by atoms with Gasteiger partial charge in [0.15, 0.2) is 11.6 Å². The number of methoxy groups -OCH3 is 1. The maximum absolute atomic E-state index is 12.7. The number of aliphatic hydroxyl groups excluding tert-OH is 2. The van der Waals surface area contributed by atoms with Crippen molar-refractivity contribution in [3.05, 3.63) is 23.8 Å². The summed E-state index contributed by atoms with van der Waals surface area (Å²) in [5.41, 5.74) is 0.113. The third-order valence-electron chi connectivity index (χ3n) is 8.56. The smallest absolute Gasteiger partial charge is 0.309 e. The molecule has 0 saturated heterocycles. The van der Waals surface area contributed by atoms with Crippen molar-refractivity contribution in [2.24, 2.45) is 40.4 Å². The molecule has 29 heavy (non-hydrogen) atoms. The summed E-state index contributed by atoms with van der Waals surface area (Å²) in [7, 11) is 1.33. The molecule has 158 valence electrons. The van der Waals surface area contributed by atoms with Crippen LogP contribution < -0.4 is 0 Å². The molecule has 0 aromatic rings. The van der Waals surface area contributed by atoms with Crippen molar-refractivity contribution in [1.82, 2.24) is 0 Å². The maximum Gasteiger partial charge on any atom is 0.309 e. The number of rotatable bonds is 3. The van der Waals surface area contributed by atoms with Gasteiger partial charge in [0.1, 0.15) is 6.61 Å². The Balaban J connectivity index is 1.76. The molecule has 0 spiro atoms. The average molecular weight is 402 g/mol. The number of Topliss-reactive ketones (excluding diaryl/α,β-unsaturated/α-hetero) is 1. The summed E-state index contributed by atoms with van der Waals surface area (Å²) < 4.78 is 5.00. The van der Waals surface area contributed by atoms with E-state index >= 15 is 0 Å². The fourth-order valence-electron chi connectivity index (χ4n) is 7.45. The largest absolute Gasteiger partial charge is 0.469 e. The van der Waals surface area contributed by atoms with Crippen LogP contribution in [-0.2, 0) is 19.1 Å². The Bertz CT molecular complexity index is 812. The maximum atomic E-state index is 12.7. The average Bonchev–Trinajstić information content (AvgIpc) is 2.99. The highest BCUT2D eigenvalue weighted by atomic mass is 16.5. The van der Waals surface area contributed by atoms with Crippen LogP contribution in [0.4, 0.5) is 0 Å². The van der Waals surface area contributed by atoms with Crippen LogP contribution in [0.3, 0.4) is 0 Å². The molecule has 0 heterocycles. The van der Waals surface area contributed by atoms with Gasteiger partial charge in [-0.1, -0.05) is 25.5 Å². The lowest BCUT2D eigenvalue weighted by atomic mass is 9.46. The number of ketones is 2. The Hall–Kier alpha value is -1.79. The summed E-state index contributed by atoms with van der Waals surface area (Å²) in [6.45, 7) is 3.47. The van der Waals surface area contributed by atoms with E-state index in [-0.39, 0.29) is 29.3 Å². The predicted octanol–water partition coefficient (Wildman–Crippen LogP) is 1.84. The minimum absolute atomic E-state index is 0.00806. The predicted molar refractivity (Wildman–Crippen MR) is 104 cm³/mol. The molecule has 0 amide bonds. The van der Waals surface area contributed by atoms with Gasteiger partial charge in [-0.3, -0.25) is 14.4 Å². The second-order valence-corrected chi connectivity index (χ2v) is 9.77. The van der Waals surface area contributed by atoms with Gasteiger partial charge in [-0.15, -0.1) is 0 Å². The van der Waals surface area contributed by atoms with Crippen molar-refractivity contribution in [2.45, 2.75) is 45.6 Å². The Kier molecular flexibility index (Phi) is 4.86. The molecule has 0 aromatic carbocycles. The third-order valence-corrected chi connectivity index (χ3v) is 8.56. The van der Waals surface area contributed by atoms with Gasteiger partial charge in [-0.05, 0) is 55.1 Å². The van der Waals surface area contributed by atoms with Gasteiger partial charge in [0.2, 0.25) is 0 Å². The molecular weight excluding hydrogens is 372 g/mol. The number of hydrogen-bond donors (Lipinski definition) is 2. The first-order valence-corrected chi connectivity index (χ1v) is 10.5. The topological polar surface area (TPSA) is 101 Å². The van der Waals surface area contributed by atoms with Crippen molar-refractivity contribution < 1.29 is 29.3 Å². The molecule has 0 aliphatic heterocycles. The Morgan fingerprint density at radius 2 is 2.03 bits per heavy atom. The van der Waals surface area contributed by atoms with Crippen LogP contribution in [0, 0.1) is 40.4 Å². The van der Waals surface area contributed by atoms with Gasteiger partial charge in [0, 0.05) is 17.3 Å². The van der Waals surface area contributed by atoms with Crippen molar-refractivity contribution >= 4 is 17.5 Å². The van der Waals surface area contributed by atoms with E-state index < -0.39 is 41.3 Å². The van der Waals surface area contributed by atoms with Crippen molar-refractivity contribution in [1.29, 1.82) is 0 Å². The Morgan fingerprint density at radius 3 is 2.69 bits per heavy atom. The zero-order valence-electron chi connectivity index (χ0n) is 17.3. The van der Waals surface area contributed by atoms with Gasteiger partial charge in [-0.25, -0.2) is 0 Å².